The van der Waals surface area contributed by atoms with Crippen LogP contribution in [0.5, 0.6) is 0 Å². The largest absolute Gasteiger partial charge is 0.381 e. The van der Waals surface area contributed by atoms with Crippen molar-refractivity contribution in [3.8, 4) is 0 Å². The van der Waals surface area contributed by atoms with E-state index >= 15 is 0 Å². The molecule has 2 atom stereocenters. The van der Waals surface area contributed by atoms with Crippen LogP contribution in [0.1, 0.15) is 18.4 Å². The van der Waals surface area contributed by atoms with Gasteiger partial charge in [-0.05, 0) is 18.4 Å². The van der Waals surface area contributed by atoms with Crippen molar-refractivity contribution in [2.75, 3.05) is 13.2 Å². The molecule has 1 fully saturated rings. The molecule has 1 aromatic carbocycles. The number of benzene rings is 1. The Balaban J connectivity index is 1.88. The summed E-state index contributed by atoms with van der Waals surface area (Å²) in [4.78, 5) is 23.4. The highest BCUT2D eigenvalue weighted by molar-refractivity contribution is 5.87. The molecule has 0 unspecified atom stereocenters. The van der Waals surface area contributed by atoms with E-state index in [0.29, 0.717) is 26.1 Å². The number of hydrogen-bond donors (Lipinski definition) is 2. The maximum absolute atomic E-state index is 12.0. The predicted molar refractivity (Wildman–Crippen MR) is 80.1 cm³/mol. The lowest BCUT2D eigenvalue weighted by Gasteiger charge is -2.16. The van der Waals surface area contributed by atoms with Crippen LogP contribution in [0.4, 0.5) is 0 Å². The zero-order chi connectivity index (χ0) is 15.1. The molecule has 3 N–H and O–H groups in total. The average Bonchev–Trinajstić information content (AvgIpc) is 3.01. The maximum Gasteiger partial charge on any atom is 0.240 e. The van der Waals surface area contributed by atoms with Crippen LogP contribution >= 0.6 is 0 Å². The van der Waals surface area contributed by atoms with Crippen molar-refractivity contribution in [3.63, 3.8) is 0 Å². The summed E-state index contributed by atoms with van der Waals surface area (Å²) in [5.74, 6) is -0.866. The van der Waals surface area contributed by atoms with Crippen molar-refractivity contribution in [3.05, 3.63) is 42.0 Å². The number of rotatable bonds is 6. The highest BCUT2D eigenvalue weighted by atomic mass is 16.5. The summed E-state index contributed by atoms with van der Waals surface area (Å²) in [7, 11) is 0. The van der Waals surface area contributed by atoms with Crippen LogP contribution in [-0.4, -0.2) is 31.1 Å². The van der Waals surface area contributed by atoms with Crippen LogP contribution < -0.4 is 11.1 Å². The van der Waals surface area contributed by atoms with Gasteiger partial charge in [-0.25, -0.2) is 0 Å². The molecule has 21 heavy (non-hydrogen) atoms. The fourth-order valence-corrected chi connectivity index (χ4v) is 2.18. The van der Waals surface area contributed by atoms with E-state index in [0.717, 1.165) is 5.56 Å². The molecule has 0 saturated carbocycles. The molecule has 0 bridgehead atoms. The third-order valence-corrected chi connectivity index (χ3v) is 3.44. The lowest BCUT2D eigenvalue weighted by Crippen LogP contribution is -2.46. The third kappa shape index (κ3) is 4.72. The Bertz CT molecular complexity index is 508. The van der Waals surface area contributed by atoms with Gasteiger partial charge in [0.25, 0.3) is 0 Å². The molecule has 2 rings (SSSR count). The van der Waals surface area contributed by atoms with Gasteiger partial charge in [-0.3, -0.25) is 9.59 Å². The molecule has 1 saturated heterocycles. The highest BCUT2D eigenvalue weighted by Crippen LogP contribution is 2.13. The second-order valence-electron chi connectivity index (χ2n) is 5.07. The van der Waals surface area contributed by atoms with Gasteiger partial charge in [0.1, 0.15) is 6.04 Å². The Morgan fingerprint density at radius 2 is 2.14 bits per heavy atom. The van der Waals surface area contributed by atoms with Crippen molar-refractivity contribution in [2.24, 2.45) is 11.7 Å². The van der Waals surface area contributed by atoms with Crippen LogP contribution in [0, 0.1) is 5.92 Å². The summed E-state index contributed by atoms with van der Waals surface area (Å²) in [6.07, 6.45) is 4.82. The summed E-state index contributed by atoms with van der Waals surface area (Å²) in [5, 5.41) is 2.70. The predicted octanol–water partition coefficient (Wildman–Crippen LogP) is 1.10. The summed E-state index contributed by atoms with van der Waals surface area (Å²) in [6, 6.07) is 9.06. The number of amides is 2. The Morgan fingerprint density at radius 3 is 2.76 bits per heavy atom. The smallest absolute Gasteiger partial charge is 0.240 e. The molecule has 112 valence electrons. The molecular formula is C16H20N2O3. The Kier molecular flexibility index (Phi) is 5.51. The van der Waals surface area contributed by atoms with E-state index < -0.39 is 11.9 Å². The molecule has 5 heteroatoms. The molecule has 0 spiro atoms. The maximum atomic E-state index is 12.0. The minimum atomic E-state index is -0.682. The number of nitrogens with one attached hydrogen (secondary N) is 1. The van der Waals surface area contributed by atoms with Gasteiger partial charge in [-0.15, -0.1) is 0 Å². The van der Waals surface area contributed by atoms with Crippen molar-refractivity contribution in [1.29, 1.82) is 0 Å². The SMILES string of the molecule is NC(=O)[C@H](C/C=C/c1ccccc1)NC(=O)[C@H]1CCOC1. The molecule has 0 aromatic heterocycles. The second kappa shape index (κ2) is 7.59. The number of carbonyl (C=O) groups excluding carboxylic acids is 2. The lowest BCUT2D eigenvalue weighted by molar-refractivity contribution is -0.129. The summed E-state index contributed by atoms with van der Waals surface area (Å²) >= 11 is 0. The monoisotopic (exact) mass is 288 g/mol. The highest BCUT2D eigenvalue weighted by Gasteiger charge is 2.26. The first-order valence-corrected chi connectivity index (χ1v) is 7.06. The molecule has 5 nitrogen and oxygen atoms in total. The standard InChI is InChI=1S/C16H20N2O3/c17-15(19)14(18-16(20)13-9-10-21-11-13)8-4-7-12-5-2-1-3-6-12/h1-7,13-14H,8-11H2,(H2,17,19)(H,18,20)/b7-4+/t13-,14-/m0/s1. The van der Waals surface area contributed by atoms with Crippen LogP contribution in [0.15, 0.2) is 36.4 Å². The Hall–Kier alpha value is -2.14. The molecule has 1 aliphatic heterocycles. The number of hydrogen-bond acceptors (Lipinski definition) is 3. The van der Waals surface area contributed by atoms with Gasteiger partial charge in [-0.2, -0.15) is 0 Å². The van der Waals surface area contributed by atoms with Crippen molar-refractivity contribution >= 4 is 17.9 Å². The number of ether oxygens (including phenoxy) is 1. The van der Waals surface area contributed by atoms with Crippen LogP contribution in [0.2, 0.25) is 0 Å². The summed E-state index contributed by atoms with van der Waals surface area (Å²) < 4.78 is 5.17. The van der Waals surface area contributed by atoms with Gasteiger partial charge in [0.2, 0.25) is 11.8 Å². The summed E-state index contributed by atoms with van der Waals surface area (Å²) in [5.41, 5.74) is 6.38. The van der Waals surface area contributed by atoms with E-state index in [4.69, 9.17) is 10.5 Å². The van der Waals surface area contributed by atoms with E-state index in [-0.39, 0.29) is 11.8 Å². The van der Waals surface area contributed by atoms with E-state index in [1.807, 2.05) is 42.5 Å². The quantitative estimate of drug-likeness (QED) is 0.822. The lowest BCUT2D eigenvalue weighted by atomic mass is 10.1. The van der Waals surface area contributed by atoms with Crippen LogP contribution in [0.3, 0.4) is 0 Å². The molecule has 2 amide bonds. The van der Waals surface area contributed by atoms with Gasteiger partial charge >= 0.3 is 0 Å². The van der Waals surface area contributed by atoms with E-state index in [9.17, 15) is 9.59 Å². The van der Waals surface area contributed by atoms with Gasteiger partial charge < -0.3 is 15.8 Å². The van der Waals surface area contributed by atoms with Crippen LogP contribution in [0.25, 0.3) is 6.08 Å². The van der Waals surface area contributed by atoms with E-state index in [2.05, 4.69) is 5.32 Å². The third-order valence-electron chi connectivity index (χ3n) is 3.44. The molecular weight excluding hydrogens is 268 g/mol. The zero-order valence-corrected chi connectivity index (χ0v) is 11.8. The average molecular weight is 288 g/mol. The topological polar surface area (TPSA) is 81.4 Å². The fourth-order valence-electron chi connectivity index (χ4n) is 2.18. The molecule has 0 aliphatic carbocycles. The van der Waals surface area contributed by atoms with Gasteiger partial charge in [0, 0.05) is 6.61 Å². The van der Waals surface area contributed by atoms with Gasteiger partial charge in [0.15, 0.2) is 0 Å². The number of carbonyl (C=O) groups is 2. The second-order valence-corrected chi connectivity index (χ2v) is 5.07. The first-order chi connectivity index (χ1) is 10.2. The van der Waals surface area contributed by atoms with Crippen molar-refractivity contribution in [2.45, 2.75) is 18.9 Å². The number of primary amides is 1. The zero-order valence-electron chi connectivity index (χ0n) is 11.8. The van der Waals surface area contributed by atoms with E-state index in [1.165, 1.54) is 0 Å². The molecule has 1 heterocycles. The van der Waals surface area contributed by atoms with E-state index in [1.54, 1.807) is 0 Å². The first kappa shape index (κ1) is 15.3. The molecule has 0 radical (unpaired) electrons. The Labute approximate surface area is 124 Å². The molecule has 1 aliphatic rings. The van der Waals surface area contributed by atoms with Crippen molar-refractivity contribution in [1.82, 2.24) is 5.32 Å². The minimum Gasteiger partial charge on any atom is -0.381 e. The fraction of sp³-hybridized carbons (Fsp3) is 0.375. The van der Waals surface area contributed by atoms with Gasteiger partial charge in [0.05, 0.1) is 12.5 Å². The molecule has 1 aromatic rings. The summed E-state index contributed by atoms with van der Waals surface area (Å²) in [6.45, 7) is 1.00. The van der Waals surface area contributed by atoms with Crippen molar-refractivity contribution < 1.29 is 14.3 Å². The number of nitrogens with two attached hydrogens (primary N) is 1. The first-order valence-electron chi connectivity index (χ1n) is 7.06. The van der Waals surface area contributed by atoms with Gasteiger partial charge in [-0.1, -0.05) is 42.5 Å². The Morgan fingerprint density at radius 1 is 1.38 bits per heavy atom. The van der Waals surface area contributed by atoms with Crippen LogP contribution in [-0.2, 0) is 14.3 Å². The minimum absolute atomic E-state index is 0.163. The normalized spacial score (nSPS) is 19.5.